The van der Waals surface area contributed by atoms with Crippen molar-refractivity contribution in [3.05, 3.63) is 47.5 Å². The Morgan fingerprint density at radius 2 is 2.00 bits per heavy atom. The fourth-order valence-corrected chi connectivity index (χ4v) is 3.01. The Morgan fingerprint density at radius 3 is 2.71 bits per heavy atom. The molecule has 2 heterocycles. The van der Waals surface area contributed by atoms with Gasteiger partial charge in [-0.1, -0.05) is 17.7 Å². The maximum absolute atomic E-state index is 12.2. The summed E-state index contributed by atoms with van der Waals surface area (Å²) in [5.74, 6) is 0.622. The zero-order chi connectivity index (χ0) is 14.4. The van der Waals surface area contributed by atoms with Gasteiger partial charge in [0.05, 0.1) is 18.6 Å². The minimum absolute atomic E-state index is 0.297. The van der Waals surface area contributed by atoms with E-state index in [-0.39, 0.29) is 0 Å². The summed E-state index contributed by atoms with van der Waals surface area (Å²) in [5, 5.41) is 0. The molecule has 21 heavy (non-hydrogen) atoms. The van der Waals surface area contributed by atoms with Gasteiger partial charge in [0.25, 0.3) is 0 Å². The SMILES string of the molecule is Cc1ccc(-n2cnc3c2CCN(C(=O)C2CC2)C3)cc1. The number of hydrogen-bond donors (Lipinski definition) is 0. The minimum atomic E-state index is 0.297. The van der Waals surface area contributed by atoms with Crippen molar-refractivity contribution in [3.63, 3.8) is 0 Å². The topological polar surface area (TPSA) is 38.1 Å². The molecule has 1 saturated carbocycles. The van der Waals surface area contributed by atoms with Crippen LogP contribution in [0.5, 0.6) is 0 Å². The smallest absolute Gasteiger partial charge is 0.226 e. The lowest BCUT2D eigenvalue weighted by Crippen LogP contribution is -2.37. The molecule has 0 bridgehead atoms. The first-order valence-electron chi connectivity index (χ1n) is 7.63. The molecule has 2 aliphatic rings. The van der Waals surface area contributed by atoms with Crippen LogP contribution in [0.3, 0.4) is 0 Å². The molecule has 1 amide bonds. The minimum Gasteiger partial charge on any atom is -0.336 e. The number of hydrogen-bond acceptors (Lipinski definition) is 2. The molecule has 0 radical (unpaired) electrons. The number of amides is 1. The Balaban J connectivity index is 1.60. The van der Waals surface area contributed by atoms with Crippen LogP contribution in [0.4, 0.5) is 0 Å². The van der Waals surface area contributed by atoms with E-state index < -0.39 is 0 Å². The van der Waals surface area contributed by atoms with E-state index in [0.29, 0.717) is 18.4 Å². The van der Waals surface area contributed by atoms with Gasteiger partial charge in [0.15, 0.2) is 0 Å². The van der Waals surface area contributed by atoms with Crippen molar-refractivity contribution in [1.82, 2.24) is 14.5 Å². The second kappa shape index (κ2) is 4.72. The summed E-state index contributed by atoms with van der Waals surface area (Å²) in [6.07, 6.45) is 4.92. The van der Waals surface area contributed by atoms with Crippen LogP contribution >= 0.6 is 0 Å². The molecule has 1 aliphatic carbocycles. The molecule has 4 nitrogen and oxygen atoms in total. The van der Waals surface area contributed by atoms with Crippen LogP contribution < -0.4 is 0 Å². The Bertz CT molecular complexity index is 683. The van der Waals surface area contributed by atoms with E-state index in [0.717, 1.165) is 37.2 Å². The second-order valence-electron chi connectivity index (χ2n) is 6.13. The summed E-state index contributed by atoms with van der Waals surface area (Å²) in [6.45, 7) is 3.58. The third-order valence-corrected chi connectivity index (χ3v) is 4.46. The summed E-state index contributed by atoms with van der Waals surface area (Å²) in [4.78, 5) is 18.7. The quantitative estimate of drug-likeness (QED) is 0.848. The van der Waals surface area contributed by atoms with Crippen molar-refractivity contribution >= 4 is 5.91 Å². The van der Waals surface area contributed by atoms with Crippen molar-refractivity contribution in [3.8, 4) is 5.69 Å². The number of carbonyl (C=O) groups excluding carboxylic acids is 1. The first-order chi connectivity index (χ1) is 10.2. The zero-order valence-corrected chi connectivity index (χ0v) is 12.2. The molecular weight excluding hydrogens is 262 g/mol. The molecule has 1 aliphatic heterocycles. The molecule has 0 unspecified atom stereocenters. The molecule has 0 spiro atoms. The lowest BCUT2D eigenvalue weighted by Gasteiger charge is -2.27. The van der Waals surface area contributed by atoms with E-state index >= 15 is 0 Å². The van der Waals surface area contributed by atoms with Gasteiger partial charge < -0.3 is 9.47 Å². The van der Waals surface area contributed by atoms with Gasteiger partial charge in [-0.05, 0) is 31.9 Å². The molecule has 4 rings (SSSR count). The van der Waals surface area contributed by atoms with Crippen molar-refractivity contribution in [2.45, 2.75) is 32.7 Å². The first kappa shape index (κ1) is 12.6. The van der Waals surface area contributed by atoms with Crippen molar-refractivity contribution in [2.24, 2.45) is 5.92 Å². The third kappa shape index (κ3) is 2.24. The number of imidazole rings is 1. The molecule has 1 fully saturated rings. The monoisotopic (exact) mass is 281 g/mol. The van der Waals surface area contributed by atoms with E-state index in [9.17, 15) is 4.79 Å². The van der Waals surface area contributed by atoms with Gasteiger partial charge in [0, 0.05) is 30.3 Å². The van der Waals surface area contributed by atoms with Crippen LogP contribution in [0.1, 0.15) is 29.8 Å². The van der Waals surface area contributed by atoms with Gasteiger partial charge in [-0.3, -0.25) is 4.79 Å². The van der Waals surface area contributed by atoms with Crippen molar-refractivity contribution in [1.29, 1.82) is 0 Å². The van der Waals surface area contributed by atoms with Gasteiger partial charge in [0.2, 0.25) is 5.91 Å². The molecule has 108 valence electrons. The zero-order valence-electron chi connectivity index (χ0n) is 12.2. The van der Waals surface area contributed by atoms with Gasteiger partial charge in [-0.2, -0.15) is 0 Å². The number of rotatable bonds is 2. The highest BCUT2D eigenvalue weighted by Crippen LogP contribution is 2.32. The van der Waals surface area contributed by atoms with Crippen LogP contribution in [-0.2, 0) is 17.8 Å². The predicted octanol–water partition coefficient (Wildman–Crippen LogP) is 2.48. The maximum Gasteiger partial charge on any atom is 0.226 e. The number of aryl methyl sites for hydroxylation is 1. The lowest BCUT2D eigenvalue weighted by atomic mass is 10.1. The summed E-state index contributed by atoms with van der Waals surface area (Å²) >= 11 is 0. The Labute approximate surface area is 124 Å². The lowest BCUT2D eigenvalue weighted by molar-refractivity contribution is -0.133. The summed E-state index contributed by atoms with van der Waals surface area (Å²) in [7, 11) is 0. The standard InChI is InChI=1S/C17H19N3O/c1-12-2-6-14(7-3-12)20-11-18-15-10-19(9-8-16(15)20)17(21)13-4-5-13/h2-3,6-7,11,13H,4-5,8-10H2,1H3. The number of aromatic nitrogens is 2. The van der Waals surface area contributed by atoms with Gasteiger partial charge in [0.1, 0.15) is 0 Å². The predicted molar refractivity (Wildman–Crippen MR) is 80.1 cm³/mol. The summed E-state index contributed by atoms with van der Waals surface area (Å²) in [5.41, 5.74) is 4.71. The van der Waals surface area contributed by atoms with E-state index in [2.05, 4.69) is 40.7 Å². The van der Waals surface area contributed by atoms with Gasteiger partial charge in [-0.25, -0.2) is 4.98 Å². The van der Waals surface area contributed by atoms with E-state index in [1.165, 1.54) is 11.3 Å². The molecule has 2 aromatic rings. The highest BCUT2D eigenvalue weighted by Gasteiger charge is 2.35. The van der Waals surface area contributed by atoms with Gasteiger partial charge >= 0.3 is 0 Å². The van der Waals surface area contributed by atoms with E-state index in [1.54, 1.807) is 0 Å². The largest absolute Gasteiger partial charge is 0.336 e. The molecule has 0 saturated heterocycles. The third-order valence-electron chi connectivity index (χ3n) is 4.46. The normalized spacial score (nSPS) is 17.7. The molecule has 0 N–H and O–H groups in total. The fraction of sp³-hybridized carbons (Fsp3) is 0.412. The van der Waals surface area contributed by atoms with Crippen LogP contribution in [0.2, 0.25) is 0 Å². The van der Waals surface area contributed by atoms with Gasteiger partial charge in [-0.15, -0.1) is 0 Å². The number of carbonyl (C=O) groups is 1. The highest BCUT2D eigenvalue weighted by molar-refractivity contribution is 5.81. The number of nitrogens with zero attached hydrogens (tertiary/aromatic N) is 3. The molecular formula is C17H19N3O. The van der Waals surface area contributed by atoms with Crippen LogP contribution in [0.15, 0.2) is 30.6 Å². The maximum atomic E-state index is 12.2. The van der Waals surface area contributed by atoms with Crippen LogP contribution in [0, 0.1) is 12.8 Å². The molecule has 1 aromatic carbocycles. The average molecular weight is 281 g/mol. The number of benzene rings is 1. The Hall–Kier alpha value is -2.10. The van der Waals surface area contributed by atoms with E-state index in [1.807, 2.05) is 11.2 Å². The Morgan fingerprint density at radius 1 is 1.24 bits per heavy atom. The Kier molecular flexibility index (Phi) is 2.84. The van der Waals surface area contributed by atoms with Crippen LogP contribution in [-0.4, -0.2) is 26.9 Å². The summed E-state index contributed by atoms with van der Waals surface area (Å²) < 4.78 is 2.16. The number of fused-ring (bicyclic) bond motifs is 1. The molecule has 1 aromatic heterocycles. The average Bonchev–Trinajstić information content (AvgIpc) is 3.27. The van der Waals surface area contributed by atoms with E-state index in [4.69, 9.17) is 0 Å². The first-order valence-corrected chi connectivity index (χ1v) is 7.63. The fourth-order valence-electron chi connectivity index (χ4n) is 3.01. The highest BCUT2D eigenvalue weighted by atomic mass is 16.2. The molecule has 0 atom stereocenters. The van der Waals surface area contributed by atoms with Crippen molar-refractivity contribution in [2.75, 3.05) is 6.54 Å². The second-order valence-corrected chi connectivity index (χ2v) is 6.13. The van der Waals surface area contributed by atoms with Crippen molar-refractivity contribution < 1.29 is 4.79 Å². The molecule has 4 heteroatoms. The van der Waals surface area contributed by atoms with Crippen LogP contribution in [0.25, 0.3) is 5.69 Å². The summed E-state index contributed by atoms with van der Waals surface area (Å²) in [6, 6.07) is 8.49.